The van der Waals surface area contributed by atoms with Gasteiger partial charge in [0.05, 0.1) is 0 Å². The molecule has 0 saturated carbocycles. The Morgan fingerprint density at radius 1 is 1.06 bits per heavy atom. The van der Waals surface area contributed by atoms with E-state index in [-0.39, 0.29) is 0 Å². The van der Waals surface area contributed by atoms with Crippen molar-refractivity contribution < 1.29 is 0 Å². The van der Waals surface area contributed by atoms with Crippen LogP contribution in [0.2, 0.25) is 0 Å². The summed E-state index contributed by atoms with van der Waals surface area (Å²) >= 11 is 0. The fourth-order valence-corrected chi connectivity index (χ4v) is 2.87. The first kappa shape index (κ1) is 13.4. The number of hydrogen-bond acceptors (Lipinski definition) is 0. The van der Waals surface area contributed by atoms with Crippen LogP contribution in [0, 0.1) is 11.8 Å². The molecule has 0 saturated heterocycles. The highest BCUT2D eigenvalue weighted by Gasteiger charge is 2.15. The molecule has 0 heteroatoms. The van der Waals surface area contributed by atoms with Gasteiger partial charge in [-0.05, 0) is 49.5 Å². The molecule has 0 aromatic carbocycles. The first-order valence-electron chi connectivity index (χ1n) is 7.57. The van der Waals surface area contributed by atoms with E-state index in [0.717, 1.165) is 5.92 Å². The first-order chi connectivity index (χ1) is 8.83. The summed E-state index contributed by atoms with van der Waals surface area (Å²) in [5.41, 5.74) is 3.10. The Labute approximate surface area is 112 Å². The molecule has 0 heterocycles. The van der Waals surface area contributed by atoms with Crippen LogP contribution in [0.15, 0.2) is 47.6 Å². The maximum absolute atomic E-state index is 2.48. The molecule has 0 radical (unpaired) electrons. The zero-order valence-electron chi connectivity index (χ0n) is 11.9. The zero-order chi connectivity index (χ0) is 12.8. The Bertz CT molecular complexity index is 379. The molecule has 0 spiro atoms. The van der Waals surface area contributed by atoms with E-state index >= 15 is 0 Å². The standard InChI is InChI=1S/C18H26/c1-3-6-16-7-5-8-17(14-11-16)18-12-9-15(4-2)10-13-18/h5,7,9,11-13,15,17H,3-4,6,8,10,14H2,1-2H3. The van der Waals surface area contributed by atoms with Gasteiger partial charge < -0.3 is 0 Å². The SMILES string of the molecule is CCCC1=CCC(C2=CCC(CC)C=C2)CC=C1. The second kappa shape index (κ2) is 6.78. The second-order valence-corrected chi connectivity index (χ2v) is 5.57. The summed E-state index contributed by atoms with van der Waals surface area (Å²) < 4.78 is 0. The van der Waals surface area contributed by atoms with E-state index in [1.807, 2.05) is 0 Å². The van der Waals surface area contributed by atoms with Crippen molar-refractivity contribution in [2.75, 3.05) is 0 Å². The molecular formula is C18H26. The maximum atomic E-state index is 2.48. The van der Waals surface area contributed by atoms with Crippen LogP contribution in [0.25, 0.3) is 0 Å². The van der Waals surface area contributed by atoms with E-state index in [1.54, 1.807) is 5.57 Å². The van der Waals surface area contributed by atoms with Gasteiger partial charge in [0.25, 0.3) is 0 Å². The molecule has 2 atom stereocenters. The average molecular weight is 242 g/mol. The molecule has 0 amide bonds. The molecule has 18 heavy (non-hydrogen) atoms. The van der Waals surface area contributed by atoms with E-state index in [9.17, 15) is 0 Å². The third kappa shape index (κ3) is 3.48. The van der Waals surface area contributed by atoms with Gasteiger partial charge in [-0.3, -0.25) is 0 Å². The lowest BCUT2D eigenvalue weighted by atomic mass is 9.85. The summed E-state index contributed by atoms with van der Waals surface area (Å²) in [5.74, 6) is 1.49. The molecular weight excluding hydrogens is 216 g/mol. The Balaban J connectivity index is 1.98. The molecule has 0 N–H and O–H groups in total. The van der Waals surface area contributed by atoms with E-state index in [2.05, 4.69) is 50.3 Å². The zero-order valence-corrected chi connectivity index (χ0v) is 11.9. The van der Waals surface area contributed by atoms with Gasteiger partial charge in [-0.1, -0.05) is 62.3 Å². The minimum absolute atomic E-state index is 0.713. The minimum Gasteiger partial charge on any atom is -0.0837 e. The lowest BCUT2D eigenvalue weighted by Gasteiger charge is -2.20. The average Bonchev–Trinajstić information content (AvgIpc) is 2.65. The molecule has 0 bridgehead atoms. The van der Waals surface area contributed by atoms with Gasteiger partial charge in [-0.15, -0.1) is 0 Å². The van der Waals surface area contributed by atoms with Crippen LogP contribution in [0.5, 0.6) is 0 Å². The topological polar surface area (TPSA) is 0 Å². The van der Waals surface area contributed by atoms with E-state index in [0.29, 0.717) is 5.92 Å². The normalized spacial score (nSPS) is 27.7. The van der Waals surface area contributed by atoms with Crippen molar-refractivity contribution in [3.8, 4) is 0 Å². The number of allylic oxidation sites excluding steroid dienone is 8. The van der Waals surface area contributed by atoms with Gasteiger partial charge in [0.15, 0.2) is 0 Å². The van der Waals surface area contributed by atoms with E-state index < -0.39 is 0 Å². The van der Waals surface area contributed by atoms with Crippen molar-refractivity contribution in [3.63, 3.8) is 0 Å². The summed E-state index contributed by atoms with van der Waals surface area (Å²) in [4.78, 5) is 0. The minimum atomic E-state index is 0.713. The van der Waals surface area contributed by atoms with Crippen LogP contribution >= 0.6 is 0 Å². The third-order valence-corrected chi connectivity index (χ3v) is 4.17. The largest absolute Gasteiger partial charge is 0.0837 e. The van der Waals surface area contributed by atoms with Crippen molar-refractivity contribution in [3.05, 3.63) is 47.6 Å². The monoisotopic (exact) mass is 242 g/mol. The van der Waals surface area contributed by atoms with Gasteiger partial charge in [-0.2, -0.15) is 0 Å². The molecule has 98 valence electrons. The Morgan fingerprint density at radius 2 is 1.94 bits per heavy atom. The predicted octanol–water partition coefficient (Wildman–Crippen LogP) is 5.59. The number of hydrogen-bond donors (Lipinski definition) is 0. The lowest BCUT2D eigenvalue weighted by Crippen LogP contribution is -2.05. The summed E-state index contributed by atoms with van der Waals surface area (Å²) in [6, 6.07) is 0. The highest BCUT2D eigenvalue weighted by molar-refractivity contribution is 5.30. The first-order valence-corrected chi connectivity index (χ1v) is 7.57. The van der Waals surface area contributed by atoms with Crippen LogP contribution in [0.3, 0.4) is 0 Å². The molecule has 2 unspecified atom stereocenters. The van der Waals surface area contributed by atoms with E-state index in [1.165, 1.54) is 44.1 Å². The summed E-state index contributed by atoms with van der Waals surface area (Å²) in [7, 11) is 0. The Morgan fingerprint density at radius 3 is 2.61 bits per heavy atom. The maximum Gasteiger partial charge on any atom is -0.00958 e. The fourth-order valence-electron chi connectivity index (χ4n) is 2.87. The molecule has 2 rings (SSSR count). The lowest BCUT2D eigenvalue weighted by molar-refractivity contribution is 0.595. The van der Waals surface area contributed by atoms with Gasteiger partial charge in [0.1, 0.15) is 0 Å². The fraction of sp³-hybridized carbons (Fsp3) is 0.556. The van der Waals surface area contributed by atoms with Crippen LogP contribution in [0.4, 0.5) is 0 Å². The highest BCUT2D eigenvalue weighted by atomic mass is 14.2. The molecule has 2 aliphatic rings. The Hall–Kier alpha value is -1.04. The van der Waals surface area contributed by atoms with Crippen molar-refractivity contribution in [2.24, 2.45) is 11.8 Å². The molecule has 0 aromatic rings. The number of rotatable bonds is 4. The van der Waals surface area contributed by atoms with Gasteiger partial charge in [-0.25, -0.2) is 0 Å². The third-order valence-electron chi connectivity index (χ3n) is 4.17. The van der Waals surface area contributed by atoms with Crippen LogP contribution in [-0.2, 0) is 0 Å². The summed E-state index contributed by atoms with van der Waals surface area (Å²) in [6.07, 6.45) is 21.9. The second-order valence-electron chi connectivity index (χ2n) is 5.57. The van der Waals surface area contributed by atoms with Crippen molar-refractivity contribution in [1.29, 1.82) is 0 Å². The van der Waals surface area contributed by atoms with Crippen LogP contribution < -0.4 is 0 Å². The quantitative estimate of drug-likeness (QED) is 0.602. The summed E-state index contributed by atoms with van der Waals surface area (Å²) in [6.45, 7) is 4.54. The van der Waals surface area contributed by atoms with Crippen LogP contribution in [-0.4, -0.2) is 0 Å². The van der Waals surface area contributed by atoms with Crippen molar-refractivity contribution >= 4 is 0 Å². The van der Waals surface area contributed by atoms with E-state index in [4.69, 9.17) is 0 Å². The predicted molar refractivity (Wildman–Crippen MR) is 80.5 cm³/mol. The van der Waals surface area contributed by atoms with Gasteiger partial charge in [0.2, 0.25) is 0 Å². The Kier molecular flexibility index (Phi) is 5.04. The summed E-state index contributed by atoms with van der Waals surface area (Å²) in [5, 5.41) is 0. The van der Waals surface area contributed by atoms with Crippen molar-refractivity contribution in [2.45, 2.75) is 52.4 Å². The van der Waals surface area contributed by atoms with Crippen LogP contribution in [0.1, 0.15) is 52.4 Å². The molecule has 0 aliphatic heterocycles. The molecule has 0 fully saturated rings. The smallest absolute Gasteiger partial charge is 0.00958 e. The molecule has 0 nitrogen and oxygen atoms in total. The highest BCUT2D eigenvalue weighted by Crippen LogP contribution is 2.30. The van der Waals surface area contributed by atoms with Gasteiger partial charge in [0, 0.05) is 0 Å². The molecule has 2 aliphatic carbocycles. The molecule has 0 aromatic heterocycles. The van der Waals surface area contributed by atoms with Gasteiger partial charge >= 0.3 is 0 Å². The van der Waals surface area contributed by atoms with Crippen molar-refractivity contribution in [1.82, 2.24) is 0 Å².